The van der Waals surface area contributed by atoms with Crippen LogP contribution in [0.1, 0.15) is 17.5 Å². The molecule has 0 bridgehead atoms. The highest BCUT2D eigenvalue weighted by molar-refractivity contribution is 5.74. The predicted molar refractivity (Wildman–Crippen MR) is 180 cm³/mol. The van der Waals surface area contributed by atoms with Crippen molar-refractivity contribution in [3.8, 4) is 0 Å². The number of carbonyl (C=O) groups excluding carboxylic acids is 1. The van der Waals surface area contributed by atoms with Gasteiger partial charge in [0.25, 0.3) is 0 Å². The van der Waals surface area contributed by atoms with Crippen LogP contribution in [0.4, 0.5) is 52.7 Å². The van der Waals surface area contributed by atoms with Crippen LogP contribution in [0.5, 0.6) is 0 Å². The van der Waals surface area contributed by atoms with Gasteiger partial charge in [0.2, 0.25) is 5.91 Å². The SMILES string of the molecule is NC(=O)CCNC[C@H](Cc1ccccc1)NC[C@H](CO)NC[C@@H](N)Cc1ccccc1.O=C(O)C(F)(F)F.O=C(O)C(F)(F)F.O=C(O)C(F)(F)F.O=C(O)C(F)(F)F. The van der Waals surface area contributed by atoms with Crippen LogP contribution in [0.3, 0.4) is 0 Å². The number of hydrogen-bond acceptors (Lipinski definition) is 10. The highest BCUT2D eigenvalue weighted by Crippen LogP contribution is 2.15. The molecule has 1 amide bonds. The minimum absolute atomic E-state index is 0.0213. The van der Waals surface area contributed by atoms with Crippen molar-refractivity contribution >= 4 is 29.8 Å². The standard InChI is InChI=1S/C24H37N5O2.4C2HF3O2/c25-21(13-19-7-3-1-4-8-19)15-28-23(18-30)17-29-22(16-27-12-11-24(26)31)14-20-9-5-2-6-10-20;4*3-2(4,5)1(6)7/h1-10,21-23,27-30H,11-18,25H2,(H2,26,31);4*(H,6,7)/t21-,22-,23+;;;;/m0..../s1. The largest absolute Gasteiger partial charge is 0.490 e. The number of nitrogens with one attached hydrogen (secondary N) is 3. The fraction of sp³-hybridized carbons (Fsp3) is 0.469. The highest BCUT2D eigenvalue weighted by Gasteiger charge is 2.40. The molecule has 0 saturated carbocycles. The molecular formula is C32H41F12N5O10. The van der Waals surface area contributed by atoms with Gasteiger partial charge in [0.1, 0.15) is 0 Å². The summed E-state index contributed by atoms with van der Waals surface area (Å²) in [7, 11) is 0. The number of hydrogen-bond donors (Lipinski definition) is 10. The summed E-state index contributed by atoms with van der Waals surface area (Å²) in [6.45, 7) is 2.52. The first-order valence-electron chi connectivity index (χ1n) is 15.9. The molecule has 2 aromatic carbocycles. The Balaban J connectivity index is -0.000000898. The summed E-state index contributed by atoms with van der Waals surface area (Å²) in [6, 6.07) is 20.5. The number of aliphatic carboxylic acids is 4. The Hall–Kier alpha value is -5.25. The average molecular weight is 884 g/mol. The van der Waals surface area contributed by atoms with E-state index in [4.69, 9.17) is 51.1 Å². The van der Waals surface area contributed by atoms with Gasteiger partial charge in [-0.1, -0.05) is 60.7 Å². The molecule has 0 aliphatic rings. The van der Waals surface area contributed by atoms with Crippen molar-refractivity contribution in [1.29, 1.82) is 0 Å². The van der Waals surface area contributed by atoms with Crippen LogP contribution >= 0.6 is 0 Å². The zero-order valence-electron chi connectivity index (χ0n) is 30.1. The Morgan fingerprint density at radius 1 is 0.542 bits per heavy atom. The first-order chi connectivity index (χ1) is 26.8. The van der Waals surface area contributed by atoms with Crippen molar-refractivity contribution in [2.75, 3.05) is 32.8 Å². The average Bonchev–Trinajstić information content (AvgIpc) is 3.10. The van der Waals surface area contributed by atoms with Gasteiger partial charge in [0, 0.05) is 50.7 Å². The molecule has 0 saturated heterocycles. The number of carbonyl (C=O) groups is 5. The van der Waals surface area contributed by atoms with Crippen molar-refractivity contribution in [2.24, 2.45) is 11.5 Å². The lowest BCUT2D eigenvalue weighted by molar-refractivity contribution is -0.193. The number of primary amides is 1. The summed E-state index contributed by atoms with van der Waals surface area (Å²) in [5.74, 6) is -11.3. The van der Waals surface area contributed by atoms with Gasteiger partial charge in [0.05, 0.1) is 6.61 Å². The molecular weight excluding hydrogens is 842 g/mol. The Bertz CT molecular complexity index is 1400. The second-order valence-electron chi connectivity index (χ2n) is 11.2. The molecule has 2 aromatic rings. The number of benzene rings is 2. The molecule has 0 radical (unpaired) electrons. The first-order valence-corrected chi connectivity index (χ1v) is 15.9. The maximum Gasteiger partial charge on any atom is 0.490 e. The number of aliphatic hydroxyl groups excluding tert-OH is 1. The van der Waals surface area contributed by atoms with E-state index in [1.165, 1.54) is 11.1 Å². The van der Waals surface area contributed by atoms with Gasteiger partial charge in [-0.15, -0.1) is 0 Å². The minimum Gasteiger partial charge on any atom is -0.475 e. The number of halogens is 12. The normalized spacial score (nSPS) is 12.8. The minimum atomic E-state index is -5.08. The summed E-state index contributed by atoms with van der Waals surface area (Å²) in [5, 5.41) is 48.5. The van der Waals surface area contributed by atoms with E-state index in [2.05, 4.69) is 40.2 Å². The Kier molecular flexibility index (Phi) is 28.6. The third-order valence-corrected chi connectivity index (χ3v) is 6.12. The molecule has 0 unspecified atom stereocenters. The van der Waals surface area contributed by atoms with Crippen molar-refractivity contribution in [1.82, 2.24) is 16.0 Å². The molecule has 59 heavy (non-hydrogen) atoms. The van der Waals surface area contributed by atoms with E-state index >= 15 is 0 Å². The zero-order valence-corrected chi connectivity index (χ0v) is 30.1. The van der Waals surface area contributed by atoms with Gasteiger partial charge in [-0.05, 0) is 24.0 Å². The Morgan fingerprint density at radius 2 is 0.864 bits per heavy atom. The monoisotopic (exact) mass is 883 g/mol. The van der Waals surface area contributed by atoms with E-state index in [0.717, 1.165) is 12.8 Å². The first kappa shape index (κ1) is 58.1. The maximum atomic E-state index is 11.0. The number of carboxylic acids is 4. The van der Waals surface area contributed by atoms with Crippen LogP contribution in [-0.4, -0.2) is 131 Å². The molecule has 0 aliphatic carbocycles. The molecule has 27 heteroatoms. The number of aliphatic hydroxyl groups is 1. The van der Waals surface area contributed by atoms with E-state index in [0.29, 0.717) is 32.6 Å². The van der Waals surface area contributed by atoms with Gasteiger partial charge in [-0.25, -0.2) is 19.2 Å². The van der Waals surface area contributed by atoms with Crippen LogP contribution in [0.25, 0.3) is 0 Å². The third kappa shape index (κ3) is 35.6. The predicted octanol–water partition coefficient (Wildman–Crippen LogP) is 2.71. The lowest BCUT2D eigenvalue weighted by Gasteiger charge is -2.24. The summed E-state index contributed by atoms with van der Waals surface area (Å²) >= 11 is 0. The molecule has 0 spiro atoms. The molecule has 2 rings (SSSR count). The number of nitrogens with two attached hydrogens (primary N) is 2. The Morgan fingerprint density at radius 3 is 1.17 bits per heavy atom. The lowest BCUT2D eigenvalue weighted by atomic mass is 10.1. The third-order valence-electron chi connectivity index (χ3n) is 6.12. The van der Waals surface area contributed by atoms with Crippen molar-refractivity contribution < 1.29 is 102 Å². The molecule has 3 atom stereocenters. The molecule has 15 nitrogen and oxygen atoms in total. The van der Waals surface area contributed by atoms with Crippen molar-refractivity contribution in [3.63, 3.8) is 0 Å². The van der Waals surface area contributed by atoms with Crippen LogP contribution in [0.15, 0.2) is 60.7 Å². The summed E-state index contributed by atoms with van der Waals surface area (Å²) in [4.78, 5) is 46.5. The van der Waals surface area contributed by atoms with E-state index in [-0.39, 0.29) is 30.6 Å². The van der Waals surface area contributed by atoms with Crippen molar-refractivity contribution in [2.45, 2.75) is 62.1 Å². The summed E-state index contributed by atoms with van der Waals surface area (Å²) < 4.78 is 127. The quantitative estimate of drug-likeness (QED) is 0.0858. The summed E-state index contributed by atoms with van der Waals surface area (Å²) in [6.07, 6.45) is -18.4. The van der Waals surface area contributed by atoms with Crippen LogP contribution < -0.4 is 27.4 Å². The topological polar surface area (TPSA) is 275 Å². The van der Waals surface area contributed by atoms with Gasteiger partial charge in [-0.2, -0.15) is 52.7 Å². The molecule has 0 heterocycles. The molecule has 0 fully saturated rings. The smallest absolute Gasteiger partial charge is 0.475 e. The zero-order chi connectivity index (χ0) is 46.6. The molecule has 0 aromatic heterocycles. The molecule has 0 aliphatic heterocycles. The highest BCUT2D eigenvalue weighted by atomic mass is 19.4. The number of rotatable bonds is 16. The number of alkyl halides is 12. The van der Waals surface area contributed by atoms with Gasteiger partial charge >= 0.3 is 48.6 Å². The van der Waals surface area contributed by atoms with Gasteiger partial charge in [0.15, 0.2) is 0 Å². The van der Waals surface area contributed by atoms with E-state index in [1.54, 1.807) is 0 Å². The van der Waals surface area contributed by atoms with Gasteiger partial charge < -0.3 is 53.0 Å². The van der Waals surface area contributed by atoms with Crippen molar-refractivity contribution in [3.05, 3.63) is 71.8 Å². The fourth-order valence-corrected chi connectivity index (χ4v) is 3.42. The fourth-order valence-electron chi connectivity index (χ4n) is 3.42. The molecule has 338 valence electrons. The van der Waals surface area contributed by atoms with Crippen LogP contribution in [0, 0.1) is 0 Å². The maximum absolute atomic E-state index is 11.0. The second kappa shape index (κ2) is 29.0. The van der Waals surface area contributed by atoms with Crippen LogP contribution in [0.2, 0.25) is 0 Å². The van der Waals surface area contributed by atoms with E-state index in [9.17, 15) is 62.6 Å². The Labute approximate surface area is 326 Å². The second-order valence-corrected chi connectivity index (χ2v) is 11.2. The van der Waals surface area contributed by atoms with E-state index < -0.39 is 48.6 Å². The van der Waals surface area contributed by atoms with Gasteiger partial charge in [-0.3, -0.25) is 4.79 Å². The van der Waals surface area contributed by atoms with Crippen LogP contribution in [-0.2, 0) is 36.8 Å². The number of amides is 1. The van der Waals surface area contributed by atoms with E-state index in [1.807, 2.05) is 36.4 Å². The molecule has 12 N–H and O–H groups in total. The lowest BCUT2D eigenvalue weighted by Crippen LogP contribution is -2.50. The summed E-state index contributed by atoms with van der Waals surface area (Å²) in [5.41, 5.74) is 13.9. The number of carboxylic acid groups (broad SMARTS) is 4.